The highest BCUT2D eigenvalue weighted by Crippen LogP contribution is 2.16. The fourth-order valence-corrected chi connectivity index (χ4v) is 2.60. The molecule has 2 rings (SSSR count). The number of benzene rings is 1. The van der Waals surface area contributed by atoms with E-state index in [1.165, 1.54) is 18.4 Å². The molecule has 0 bridgehead atoms. The van der Waals surface area contributed by atoms with Gasteiger partial charge in [-0.1, -0.05) is 0 Å². The molecule has 0 spiro atoms. The van der Waals surface area contributed by atoms with E-state index >= 15 is 0 Å². The summed E-state index contributed by atoms with van der Waals surface area (Å²) in [4.78, 5) is 35.5. The van der Waals surface area contributed by atoms with Gasteiger partial charge in [-0.25, -0.2) is 9.59 Å². The lowest BCUT2D eigenvalue weighted by Crippen LogP contribution is -2.37. The Balaban J connectivity index is 1.78. The lowest BCUT2D eigenvalue weighted by atomic mass is 10.3. The van der Waals surface area contributed by atoms with Gasteiger partial charge in [-0.2, -0.15) is 0 Å². The Morgan fingerprint density at radius 3 is 2.42 bits per heavy atom. The van der Waals surface area contributed by atoms with Gasteiger partial charge in [0.05, 0.1) is 7.11 Å². The second-order valence-corrected chi connectivity index (χ2v) is 5.66. The van der Waals surface area contributed by atoms with E-state index < -0.39 is 24.5 Å². The van der Waals surface area contributed by atoms with Crippen molar-refractivity contribution in [3.63, 3.8) is 0 Å². The molecule has 126 valence electrons. The number of hydrogen-bond acceptors (Lipinski definition) is 6. The van der Waals surface area contributed by atoms with E-state index in [1.807, 2.05) is 0 Å². The van der Waals surface area contributed by atoms with Crippen molar-refractivity contribution in [1.29, 1.82) is 0 Å². The van der Waals surface area contributed by atoms with E-state index in [1.54, 1.807) is 42.6 Å². The number of anilines is 1. The van der Waals surface area contributed by atoms with Crippen LogP contribution in [0, 0.1) is 6.92 Å². The lowest BCUT2D eigenvalue weighted by molar-refractivity contribution is -0.123. The van der Waals surface area contributed by atoms with Crippen LogP contribution in [0.5, 0.6) is 5.75 Å². The van der Waals surface area contributed by atoms with E-state index in [0.29, 0.717) is 16.3 Å². The molecular formula is C16H16N2O5S. The van der Waals surface area contributed by atoms with Crippen LogP contribution in [0.25, 0.3) is 0 Å². The minimum absolute atomic E-state index is 0.436. The van der Waals surface area contributed by atoms with Gasteiger partial charge in [0.2, 0.25) is 0 Å². The number of aryl methyl sites for hydroxylation is 1. The largest absolute Gasteiger partial charge is 0.497 e. The number of urea groups is 1. The predicted molar refractivity (Wildman–Crippen MR) is 89.5 cm³/mol. The van der Waals surface area contributed by atoms with Crippen LogP contribution >= 0.6 is 11.3 Å². The molecule has 1 aromatic heterocycles. The van der Waals surface area contributed by atoms with Crippen LogP contribution in [0.3, 0.4) is 0 Å². The van der Waals surface area contributed by atoms with Gasteiger partial charge in [-0.3, -0.25) is 10.1 Å². The van der Waals surface area contributed by atoms with Gasteiger partial charge >= 0.3 is 12.0 Å². The number of rotatable bonds is 5. The summed E-state index contributed by atoms with van der Waals surface area (Å²) in [6, 6.07) is 7.66. The Kier molecular flexibility index (Phi) is 5.91. The maximum atomic E-state index is 11.8. The number of amides is 3. The van der Waals surface area contributed by atoms with Crippen LogP contribution in [0.1, 0.15) is 15.2 Å². The van der Waals surface area contributed by atoms with E-state index in [4.69, 9.17) is 9.47 Å². The van der Waals surface area contributed by atoms with Crippen molar-refractivity contribution < 1.29 is 23.9 Å². The summed E-state index contributed by atoms with van der Waals surface area (Å²) >= 11 is 1.23. The van der Waals surface area contributed by atoms with Crippen LogP contribution in [-0.2, 0) is 9.53 Å². The molecule has 0 radical (unpaired) electrons. The molecule has 0 saturated heterocycles. The van der Waals surface area contributed by atoms with Crippen molar-refractivity contribution in [2.75, 3.05) is 19.0 Å². The number of imide groups is 1. The van der Waals surface area contributed by atoms with Gasteiger partial charge in [0.1, 0.15) is 10.6 Å². The molecule has 7 nitrogen and oxygen atoms in total. The molecule has 0 atom stereocenters. The van der Waals surface area contributed by atoms with Crippen molar-refractivity contribution in [3.8, 4) is 5.75 Å². The third kappa shape index (κ3) is 4.82. The van der Waals surface area contributed by atoms with E-state index in [-0.39, 0.29) is 0 Å². The Morgan fingerprint density at radius 1 is 1.12 bits per heavy atom. The SMILES string of the molecule is COc1ccc(NC(=O)NC(=O)COC(=O)c2sccc2C)cc1. The summed E-state index contributed by atoms with van der Waals surface area (Å²) in [6.07, 6.45) is 0. The zero-order valence-electron chi connectivity index (χ0n) is 13.1. The number of hydrogen-bond donors (Lipinski definition) is 2. The Hall–Kier alpha value is -2.87. The van der Waals surface area contributed by atoms with Crippen LogP contribution in [0.15, 0.2) is 35.7 Å². The highest BCUT2D eigenvalue weighted by Gasteiger charge is 2.15. The Labute approximate surface area is 142 Å². The fourth-order valence-electron chi connectivity index (χ4n) is 1.78. The first kappa shape index (κ1) is 17.5. The molecule has 1 heterocycles. The summed E-state index contributed by atoms with van der Waals surface area (Å²) in [7, 11) is 1.53. The number of carbonyl (C=O) groups excluding carboxylic acids is 3. The minimum Gasteiger partial charge on any atom is -0.497 e. The van der Waals surface area contributed by atoms with Crippen LogP contribution in [-0.4, -0.2) is 31.6 Å². The molecule has 8 heteroatoms. The lowest BCUT2D eigenvalue weighted by Gasteiger charge is -2.08. The molecule has 24 heavy (non-hydrogen) atoms. The molecule has 1 aromatic carbocycles. The van der Waals surface area contributed by atoms with Crippen molar-refractivity contribution in [3.05, 3.63) is 46.2 Å². The van der Waals surface area contributed by atoms with Crippen LogP contribution in [0.2, 0.25) is 0 Å². The van der Waals surface area contributed by atoms with Gasteiger partial charge in [0.25, 0.3) is 5.91 Å². The monoisotopic (exact) mass is 348 g/mol. The highest BCUT2D eigenvalue weighted by atomic mass is 32.1. The summed E-state index contributed by atoms with van der Waals surface area (Å²) in [5.74, 6) is -0.662. The number of nitrogens with one attached hydrogen (secondary N) is 2. The average molecular weight is 348 g/mol. The fraction of sp³-hybridized carbons (Fsp3) is 0.188. The number of esters is 1. The van der Waals surface area contributed by atoms with Crippen LogP contribution < -0.4 is 15.4 Å². The predicted octanol–water partition coefficient (Wildman–Crippen LogP) is 2.57. The molecule has 0 saturated carbocycles. The summed E-state index contributed by atoms with van der Waals surface area (Å²) in [5.41, 5.74) is 1.27. The Bertz CT molecular complexity index is 739. The second-order valence-electron chi connectivity index (χ2n) is 4.74. The van der Waals surface area contributed by atoms with Crippen molar-refractivity contribution in [1.82, 2.24) is 5.32 Å². The minimum atomic E-state index is -0.719. The number of carbonyl (C=O) groups is 3. The summed E-state index contributed by atoms with van der Waals surface area (Å²) < 4.78 is 9.88. The summed E-state index contributed by atoms with van der Waals surface area (Å²) in [6.45, 7) is 1.24. The van der Waals surface area contributed by atoms with Crippen molar-refractivity contribution in [2.24, 2.45) is 0 Å². The molecule has 3 amide bonds. The van der Waals surface area contributed by atoms with E-state index in [9.17, 15) is 14.4 Å². The van der Waals surface area contributed by atoms with Gasteiger partial charge in [-0.05, 0) is 48.2 Å². The first-order valence-electron chi connectivity index (χ1n) is 6.95. The third-order valence-electron chi connectivity index (χ3n) is 2.98. The average Bonchev–Trinajstić information content (AvgIpc) is 2.99. The van der Waals surface area contributed by atoms with Crippen molar-refractivity contribution in [2.45, 2.75) is 6.92 Å². The highest BCUT2D eigenvalue weighted by molar-refractivity contribution is 7.12. The molecule has 0 unspecified atom stereocenters. The van der Waals surface area contributed by atoms with Gasteiger partial charge in [0.15, 0.2) is 6.61 Å². The molecule has 0 aliphatic rings. The first-order valence-corrected chi connectivity index (χ1v) is 7.83. The Morgan fingerprint density at radius 2 is 1.83 bits per heavy atom. The van der Waals surface area contributed by atoms with E-state index in [2.05, 4.69) is 10.6 Å². The number of ether oxygens (including phenoxy) is 2. The first-order chi connectivity index (χ1) is 11.5. The maximum absolute atomic E-state index is 11.8. The number of methoxy groups -OCH3 is 1. The quantitative estimate of drug-likeness (QED) is 0.810. The number of thiophene rings is 1. The smallest absolute Gasteiger partial charge is 0.349 e. The molecule has 2 aromatic rings. The van der Waals surface area contributed by atoms with Gasteiger partial charge < -0.3 is 14.8 Å². The molecule has 0 fully saturated rings. The van der Waals surface area contributed by atoms with Crippen molar-refractivity contribution >= 4 is 34.9 Å². The van der Waals surface area contributed by atoms with Crippen LogP contribution in [0.4, 0.5) is 10.5 Å². The standard InChI is InChI=1S/C16H16N2O5S/c1-10-7-8-24-14(10)15(20)23-9-13(19)18-16(21)17-11-3-5-12(22-2)6-4-11/h3-8H,9H2,1-2H3,(H2,17,18,19,21). The molecule has 2 N–H and O–H groups in total. The third-order valence-corrected chi connectivity index (χ3v) is 3.98. The second kappa shape index (κ2) is 8.11. The molecule has 0 aliphatic heterocycles. The summed E-state index contributed by atoms with van der Waals surface area (Å²) in [5, 5.41) is 6.32. The van der Waals surface area contributed by atoms with Gasteiger partial charge in [-0.15, -0.1) is 11.3 Å². The normalized spacial score (nSPS) is 9.92. The zero-order valence-corrected chi connectivity index (χ0v) is 13.9. The zero-order chi connectivity index (χ0) is 17.5. The maximum Gasteiger partial charge on any atom is 0.349 e. The van der Waals surface area contributed by atoms with Gasteiger partial charge in [0, 0.05) is 5.69 Å². The van der Waals surface area contributed by atoms with E-state index in [0.717, 1.165) is 5.56 Å². The molecular weight excluding hydrogens is 332 g/mol. The molecule has 0 aliphatic carbocycles. The topological polar surface area (TPSA) is 93.7 Å².